The Morgan fingerprint density at radius 1 is 1.53 bits per heavy atom. The molecule has 0 saturated heterocycles. The summed E-state index contributed by atoms with van der Waals surface area (Å²) in [6.45, 7) is 9.14. The van der Waals surface area contributed by atoms with Gasteiger partial charge in [0.25, 0.3) is 5.56 Å². The zero-order valence-electron chi connectivity index (χ0n) is 11.0. The van der Waals surface area contributed by atoms with Gasteiger partial charge in [0.2, 0.25) is 0 Å². The van der Waals surface area contributed by atoms with Gasteiger partial charge in [-0.15, -0.1) is 0 Å². The van der Waals surface area contributed by atoms with Gasteiger partial charge in [-0.25, -0.2) is 4.98 Å². The van der Waals surface area contributed by atoms with Crippen LogP contribution < -0.4 is 10.9 Å². The Hall–Kier alpha value is -1.32. The van der Waals surface area contributed by atoms with Crippen LogP contribution in [-0.2, 0) is 5.54 Å². The molecule has 1 aliphatic rings. The van der Waals surface area contributed by atoms with Gasteiger partial charge in [-0.05, 0) is 39.0 Å². The lowest BCUT2D eigenvalue weighted by molar-refractivity contribution is 0.383. The van der Waals surface area contributed by atoms with Crippen molar-refractivity contribution in [3.05, 3.63) is 22.7 Å². The molecule has 1 saturated carbocycles. The Morgan fingerprint density at radius 2 is 2.18 bits per heavy atom. The largest absolute Gasteiger partial charge is 0.365 e. The van der Waals surface area contributed by atoms with Crippen LogP contribution in [0.2, 0.25) is 0 Å². The first-order valence-electron chi connectivity index (χ1n) is 6.21. The topological polar surface area (TPSA) is 46.9 Å². The summed E-state index contributed by atoms with van der Waals surface area (Å²) in [5.41, 5.74) is -0.239. The molecule has 94 valence electrons. The van der Waals surface area contributed by atoms with Gasteiger partial charge >= 0.3 is 0 Å². The van der Waals surface area contributed by atoms with E-state index in [1.54, 1.807) is 17.0 Å². The molecule has 0 spiro atoms. The zero-order chi connectivity index (χ0) is 12.6. The highest BCUT2D eigenvalue weighted by Gasteiger charge is 2.32. The van der Waals surface area contributed by atoms with E-state index < -0.39 is 0 Å². The highest BCUT2D eigenvalue weighted by molar-refractivity contribution is 5.31. The number of nitrogens with zero attached hydrogens (tertiary/aromatic N) is 2. The third kappa shape index (κ3) is 2.68. The second-order valence-corrected chi connectivity index (χ2v) is 5.98. The van der Waals surface area contributed by atoms with Crippen molar-refractivity contribution in [3.63, 3.8) is 0 Å². The number of rotatable bonds is 3. The van der Waals surface area contributed by atoms with E-state index in [-0.39, 0.29) is 11.1 Å². The molecule has 2 atom stereocenters. The lowest BCUT2D eigenvalue weighted by atomic mass is 10.1. The van der Waals surface area contributed by atoms with Crippen LogP contribution >= 0.6 is 0 Å². The molecule has 0 amide bonds. The molecule has 0 aromatic carbocycles. The minimum absolute atomic E-state index is 0.0340. The van der Waals surface area contributed by atoms with E-state index in [0.717, 1.165) is 12.5 Å². The van der Waals surface area contributed by atoms with Gasteiger partial charge in [-0.1, -0.05) is 6.92 Å². The van der Waals surface area contributed by atoms with Crippen molar-refractivity contribution < 1.29 is 0 Å². The van der Waals surface area contributed by atoms with Crippen molar-refractivity contribution in [2.24, 2.45) is 11.8 Å². The van der Waals surface area contributed by atoms with E-state index in [2.05, 4.69) is 17.2 Å². The first-order chi connectivity index (χ1) is 7.89. The molecule has 2 rings (SSSR count). The fraction of sp³-hybridized carbons (Fsp3) is 0.692. The molecule has 1 N–H and O–H groups in total. The smallest absolute Gasteiger partial charge is 0.293 e. The summed E-state index contributed by atoms with van der Waals surface area (Å²) in [5, 5.41) is 3.17. The van der Waals surface area contributed by atoms with Crippen molar-refractivity contribution in [2.75, 3.05) is 11.9 Å². The first-order valence-corrected chi connectivity index (χ1v) is 6.21. The number of hydrogen-bond donors (Lipinski definition) is 1. The quantitative estimate of drug-likeness (QED) is 0.872. The van der Waals surface area contributed by atoms with Gasteiger partial charge in [0.15, 0.2) is 5.82 Å². The average Bonchev–Trinajstić information content (AvgIpc) is 2.91. The summed E-state index contributed by atoms with van der Waals surface area (Å²) in [4.78, 5) is 16.3. The minimum atomic E-state index is -0.205. The lowest BCUT2D eigenvalue weighted by Crippen LogP contribution is -2.35. The van der Waals surface area contributed by atoms with E-state index in [0.29, 0.717) is 11.7 Å². The van der Waals surface area contributed by atoms with Crippen LogP contribution in [-0.4, -0.2) is 16.1 Å². The van der Waals surface area contributed by atoms with E-state index >= 15 is 0 Å². The summed E-state index contributed by atoms with van der Waals surface area (Å²) in [5.74, 6) is 1.97. The summed E-state index contributed by atoms with van der Waals surface area (Å²) in [7, 11) is 0. The zero-order valence-corrected chi connectivity index (χ0v) is 11.0. The summed E-state index contributed by atoms with van der Waals surface area (Å²) >= 11 is 0. The maximum Gasteiger partial charge on any atom is 0.293 e. The maximum atomic E-state index is 12.2. The molecule has 4 nitrogen and oxygen atoms in total. The van der Waals surface area contributed by atoms with Crippen LogP contribution in [0.1, 0.15) is 34.1 Å². The normalized spacial score (nSPS) is 23.5. The Kier molecular flexibility index (Phi) is 2.98. The predicted molar refractivity (Wildman–Crippen MR) is 69.3 cm³/mol. The predicted octanol–water partition coefficient (Wildman–Crippen LogP) is 2.07. The molecule has 1 aromatic rings. The van der Waals surface area contributed by atoms with Crippen molar-refractivity contribution in [3.8, 4) is 0 Å². The summed E-state index contributed by atoms with van der Waals surface area (Å²) < 4.78 is 1.72. The standard InChI is InChI=1S/C13H21N3O/c1-9-7-10(9)8-15-11-12(17)16(6-5-14-11)13(2,3)4/h5-6,9-10H,7-8H2,1-4H3,(H,14,15). The average molecular weight is 235 g/mol. The van der Waals surface area contributed by atoms with Crippen LogP contribution in [0, 0.1) is 11.8 Å². The van der Waals surface area contributed by atoms with Crippen molar-refractivity contribution in [1.29, 1.82) is 0 Å². The molecule has 0 radical (unpaired) electrons. The van der Waals surface area contributed by atoms with Gasteiger partial charge < -0.3 is 9.88 Å². The number of anilines is 1. The number of aromatic nitrogens is 2. The second-order valence-electron chi connectivity index (χ2n) is 5.98. The van der Waals surface area contributed by atoms with E-state index in [1.165, 1.54) is 6.42 Å². The highest BCUT2D eigenvalue weighted by atomic mass is 16.1. The number of hydrogen-bond acceptors (Lipinski definition) is 3. The van der Waals surface area contributed by atoms with Crippen LogP contribution in [0.5, 0.6) is 0 Å². The fourth-order valence-corrected chi connectivity index (χ4v) is 1.97. The molecule has 1 heterocycles. The molecule has 4 heteroatoms. The minimum Gasteiger partial charge on any atom is -0.365 e. The Balaban J connectivity index is 2.15. The Morgan fingerprint density at radius 3 is 2.71 bits per heavy atom. The van der Waals surface area contributed by atoms with Crippen molar-refractivity contribution >= 4 is 5.82 Å². The molecular formula is C13H21N3O. The molecule has 0 aliphatic heterocycles. The van der Waals surface area contributed by atoms with Crippen molar-refractivity contribution in [1.82, 2.24) is 9.55 Å². The Bertz CT molecular complexity index is 458. The summed E-state index contributed by atoms with van der Waals surface area (Å²) in [6.07, 6.45) is 4.69. The first kappa shape index (κ1) is 12.1. The molecule has 1 fully saturated rings. The molecule has 0 bridgehead atoms. The van der Waals surface area contributed by atoms with E-state index in [4.69, 9.17) is 0 Å². The van der Waals surface area contributed by atoms with Crippen LogP contribution in [0.3, 0.4) is 0 Å². The van der Waals surface area contributed by atoms with Gasteiger partial charge in [0.1, 0.15) is 0 Å². The van der Waals surface area contributed by atoms with Gasteiger partial charge in [0.05, 0.1) is 0 Å². The molecule has 1 aromatic heterocycles. The van der Waals surface area contributed by atoms with E-state index in [1.807, 2.05) is 20.8 Å². The van der Waals surface area contributed by atoms with Gasteiger partial charge in [-0.2, -0.15) is 0 Å². The lowest BCUT2D eigenvalue weighted by Gasteiger charge is -2.22. The monoisotopic (exact) mass is 235 g/mol. The van der Waals surface area contributed by atoms with E-state index in [9.17, 15) is 4.79 Å². The molecular weight excluding hydrogens is 214 g/mol. The third-order valence-corrected chi connectivity index (χ3v) is 3.37. The summed E-state index contributed by atoms with van der Waals surface area (Å²) in [6, 6.07) is 0. The molecule has 1 aliphatic carbocycles. The Labute approximate surface area is 102 Å². The highest BCUT2D eigenvalue weighted by Crippen LogP contribution is 2.37. The van der Waals surface area contributed by atoms with Gasteiger partial charge in [0, 0.05) is 24.5 Å². The SMILES string of the molecule is CC1CC1CNc1nccn(C(C)(C)C)c1=O. The van der Waals surface area contributed by atoms with Crippen LogP contribution in [0.15, 0.2) is 17.2 Å². The maximum absolute atomic E-state index is 12.2. The number of nitrogens with one attached hydrogen (secondary N) is 1. The second kappa shape index (κ2) is 4.17. The molecule has 2 unspecified atom stereocenters. The van der Waals surface area contributed by atoms with Crippen LogP contribution in [0.4, 0.5) is 5.82 Å². The molecule has 17 heavy (non-hydrogen) atoms. The van der Waals surface area contributed by atoms with Crippen molar-refractivity contribution in [2.45, 2.75) is 39.7 Å². The van der Waals surface area contributed by atoms with Crippen LogP contribution in [0.25, 0.3) is 0 Å². The third-order valence-electron chi connectivity index (χ3n) is 3.37. The fourth-order valence-electron chi connectivity index (χ4n) is 1.97. The van der Waals surface area contributed by atoms with Gasteiger partial charge in [-0.3, -0.25) is 4.79 Å².